The Morgan fingerprint density at radius 2 is 2.10 bits per heavy atom. The van der Waals surface area contributed by atoms with Crippen molar-refractivity contribution in [3.63, 3.8) is 0 Å². The van der Waals surface area contributed by atoms with E-state index in [0.29, 0.717) is 13.2 Å². The Bertz CT molecular complexity index is 739. The van der Waals surface area contributed by atoms with E-state index >= 15 is 0 Å². The lowest BCUT2D eigenvalue weighted by molar-refractivity contribution is 0.210. The van der Waals surface area contributed by atoms with Gasteiger partial charge in [0.25, 0.3) is 0 Å². The Labute approximate surface area is 121 Å². The van der Waals surface area contributed by atoms with E-state index in [9.17, 15) is 4.39 Å². The molecule has 0 amide bonds. The molecule has 0 aliphatic carbocycles. The molecular formula is C15H15FN4O. The van der Waals surface area contributed by atoms with E-state index in [1.54, 1.807) is 31.6 Å². The highest BCUT2D eigenvalue weighted by molar-refractivity contribution is 5.76. The standard InChI is InChI=1S/C15H15FN4O/c1-21-9-7-18-15-14(11-2-4-12(16)5-3-11)19-13-10-17-6-8-20(13)15/h2-6,8,10,18H,7,9H2,1H3. The van der Waals surface area contributed by atoms with Crippen molar-refractivity contribution in [1.82, 2.24) is 14.4 Å². The third-order valence-electron chi connectivity index (χ3n) is 3.15. The summed E-state index contributed by atoms with van der Waals surface area (Å²) in [4.78, 5) is 8.64. The predicted octanol–water partition coefficient (Wildman–Crippen LogP) is 2.59. The van der Waals surface area contributed by atoms with Gasteiger partial charge in [-0.25, -0.2) is 9.37 Å². The van der Waals surface area contributed by atoms with Gasteiger partial charge >= 0.3 is 0 Å². The zero-order chi connectivity index (χ0) is 14.7. The maximum absolute atomic E-state index is 13.1. The predicted molar refractivity (Wildman–Crippen MR) is 78.7 cm³/mol. The van der Waals surface area contributed by atoms with Crippen LogP contribution in [0.5, 0.6) is 0 Å². The van der Waals surface area contributed by atoms with E-state index in [1.807, 2.05) is 10.6 Å². The van der Waals surface area contributed by atoms with Gasteiger partial charge in [-0.2, -0.15) is 0 Å². The second-order valence-corrected chi connectivity index (χ2v) is 4.54. The molecule has 1 N–H and O–H groups in total. The monoisotopic (exact) mass is 286 g/mol. The van der Waals surface area contributed by atoms with E-state index in [4.69, 9.17) is 4.74 Å². The first-order valence-electron chi connectivity index (χ1n) is 6.60. The van der Waals surface area contributed by atoms with Crippen LogP contribution in [0.4, 0.5) is 10.2 Å². The molecule has 0 fully saturated rings. The topological polar surface area (TPSA) is 51.5 Å². The fraction of sp³-hybridized carbons (Fsp3) is 0.200. The van der Waals surface area contributed by atoms with Crippen molar-refractivity contribution in [2.45, 2.75) is 0 Å². The summed E-state index contributed by atoms with van der Waals surface area (Å²) in [6.07, 6.45) is 5.23. The van der Waals surface area contributed by atoms with E-state index in [1.165, 1.54) is 12.1 Å². The Morgan fingerprint density at radius 1 is 1.29 bits per heavy atom. The number of methoxy groups -OCH3 is 1. The maximum Gasteiger partial charge on any atom is 0.157 e. The minimum absolute atomic E-state index is 0.266. The summed E-state index contributed by atoms with van der Waals surface area (Å²) in [5.41, 5.74) is 2.34. The molecule has 5 nitrogen and oxygen atoms in total. The summed E-state index contributed by atoms with van der Waals surface area (Å²) >= 11 is 0. The van der Waals surface area contributed by atoms with Crippen LogP contribution < -0.4 is 5.32 Å². The van der Waals surface area contributed by atoms with Crippen LogP contribution >= 0.6 is 0 Å². The van der Waals surface area contributed by atoms with Crippen LogP contribution in [0.3, 0.4) is 0 Å². The van der Waals surface area contributed by atoms with Crippen molar-refractivity contribution in [3.05, 3.63) is 48.7 Å². The van der Waals surface area contributed by atoms with Crippen LogP contribution in [0.1, 0.15) is 0 Å². The average Bonchev–Trinajstić information content (AvgIpc) is 2.87. The fourth-order valence-corrected chi connectivity index (χ4v) is 2.16. The Kier molecular flexibility index (Phi) is 3.79. The second kappa shape index (κ2) is 5.88. The van der Waals surface area contributed by atoms with Crippen LogP contribution in [-0.2, 0) is 4.74 Å². The number of anilines is 1. The summed E-state index contributed by atoms with van der Waals surface area (Å²) in [5, 5.41) is 3.30. The van der Waals surface area contributed by atoms with E-state index in [0.717, 1.165) is 22.7 Å². The molecule has 0 bridgehead atoms. The lowest BCUT2D eigenvalue weighted by Crippen LogP contribution is -2.10. The summed E-state index contributed by atoms with van der Waals surface area (Å²) in [6.45, 7) is 1.24. The van der Waals surface area contributed by atoms with E-state index < -0.39 is 0 Å². The van der Waals surface area contributed by atoms with E-state index in [-0.39, 0.29) is 5.82 Å². The molecule has 0 saturated carbocycles. The summed E-state index contributed by atoms with van der Waals surface area (Å²) in [5.74, 6) is 0.578. The highest BCUT2D eigenvalue weighted by Gasteiger charge is 2.13. The molecule has 0 atom stereocenters. The van der Waals surface area contributed by atoms with Crippen molar-refractivity contribution in [1.29, 1.82) is 0 Å². The number of aromatic nitrogens is 3. The molecule has 3 rings (SSSR count). The number of fused-ring (bicyclic) bond motifs is 1. The van der Waals surface area contributed by atoms with Gasteiger partial charge in [0.15, 0.2) is 5.65 Å². The largest absolute Gasteiger partial charge is 0.383 e. The number of benzene rings is 1. The van der Waals surface area contributed by atoms with Gasteiger partial charge in [-0.05, 0) is 24.3 Å². The molecule has 2 aromatic heterocycles. The van der Waals surface area contributed by atoms with Crippen molar-refractivity contribution in [2.24, 2.45) is 0 Å². The van der Waals surface area contributed by atoms with Gasteiger partial charge in [0, 0.05) is 31.6 Å². The molecule has 6 heteroatoms. The van der Waals surface area contributed by atoms with Crippen molar-refractivity contribution in [3.8, 4) is 11.3 Å². The number of nitrogens with one attached hydrogen (secondary N) is 1. The summed E-state index contributed by atoms with van der Waals surface area (Å²) in [6, 6.07) is 6.28. The minimum Gasteiger partial charge on any atom is -0.383 e. The third-order valence-corrected chi connectivity index (χ3v) is 3.15. The zero-order valence-electron chi connectivity index (χ0n) is 11.6. The van der Waals surface area contributed by atoms with Gasteiger partial charge in [0.2, 0.25) is 0 Å². The molecule has 1 aromatic carbocycles. The smallest absolute Gasteiger partial charge is 0.157 e. The Morgan fingerprint density at radius 3 is 2.86 bits per heavy atom. The molecular weight excluding hydrogens is 271 g/mol. The highest BCUT2D eigenvalue weighted by Crippen LogP contribution is 2.28. The summed E-state index contributed by atoms with van der Waals surface area (Å²) < 4.78 is 20.1. The number of hydrogen-bond acceptors (Lipinski definition) is 4. The number of ether oxygens (including phenoxy) is 1. The molecule has 0 unspecified atom stereocenters. The van der Waals surface area contributed by atoms with E-state index in [2.05, 4.69) is 15.3 Å². The maximum atomic E-state index is 13.1. The van der Waals surface area contributed by atoms with Crippen LogP contribution in [0.2, 0.25) is 0 Å². The van der Waals surface area contributed by atoms with Crippen LogP contribution in [0, 0.1) is 5.82 Å². The zero-order valence-corrected chi connectivity index (χ0v) is 11.6. The fourth-order valence-electron chi connectivity index (χ4n) is 2.16. The van der Waals surface area contributed by atoms with Crippen molar-refractivity contribution in [2.75, 3.05) is 25.6 Å². The Balaban J connectivity index is 2.07. The molecule has 108 valence electrons. The molecule has 0 aliphatic rings. The van der Waals surface area contributed by atoms with Gasteiger partial charge < -0.3 is 10.1 Å². The first-order valence-corrected chi connectivity index (χ1v) is 6.60. The average molecular weight is 286 g/mol. The Hall–Kier alpha value is -2.47. The van der Waals surface area contributed by atoms with Crippen LogP contribution in [0.15, 0.2) is 42.9 Å². The first-order chi connectivity index (χ1) is 10.3. The third kappa shape index (κ3) is 2.71. The van der Waals surface area contributed by atoms with Gasteiger partial charge in [-0.3, -0.25) is 9.38 Å². The number of imidazole rings is 1. The molecule has 0 radical (unpaired) electrons. The van der Waals surface area contributed by atoms with Gasteiger partial charge in [-0.1, -0.05) is 0 Å². The molecule has 21 heavy (non-hydrogen) atoms. The molecule has 0 spiro atoms. The van der Waals surface area contributed by atoms with Gasteiger partial charge in [-0.15, -0.1) is 0 Å². The number of halogens is 1. The number of rotatable bonds is 5. The molecule has 3 aromatic rings. The number of nitrogens with zero attached hydrogens (tertiary/aromatic N) is 3. The normalized spacial score (nSPS) is 11.0. The van der Waals surface area contributed by atoms with Crippen LogP contribution in [0.25, 0.3) is 16.9 Å². The van der Waals surface area contributed by atoms with Crippen molar-refractivity contribution >= 4 is 11.5 Å². The summed E-state index contributed by atoms with van der Waals surface area (Å²) in [7, 11) is 1.65. The lowest BCUT2D eigenvalue weighted by Gasteiger charge is -2.08. The lowest BCUT2D eigenvalue weighted by atomic mass is 10.1. The second-order valence-electron chi connectivity index (χ2n) is 4.54. The quantitative estimate of drug-likeness (QED) is 0.732. The molecule has 0 saturated heterocycles. The first kappa shape index (κ1) is 13.5. The van der Waals surface area contributed by atoms with Crippen molar-refractivity contribution < 1.29 is 9.13 Å². The minimum atomic E-state index is -0.266. The molecule has 0 aliphatic heterocycles. The SMILES string of the molecule is COCCNc1c(-c2ccc(F)cc2)nc2cnccn12. The van der Waals surface area contributed by atoms with Crippen LogP contribution in [-0.4, -0.2) is 34.6 Å². The molecule has 2 heterocycles. The number of hydrogen-bond donors (Lipinski definition) is 1. The van der Waals surface area contributed by atoms with Gasteiger partial charge in [0.1, 0.15) is 17.3 Å². The van der Waals surface area contributed by atoms with Gasteiger partial charge in [0.05, 0.1) is 12.8 Å². The highest BCUT2D eigenvalue weighted by atomic mass is 19.1.